The Labute approximate surface area is 278 Å². The van der Waals surface area contributed by atoms with Gasteiger partial charge in [-0.05, 0) is 0 Å². The van der Waals surface area contributed by atoms with Crippen molar-refractivity contribution in [1.82, 2.24) is 30.6 Å². The molecule has 0 fully saturated rings. The third kappa shape index (κ3) is 6.24. The Kier molecular flexibility index (Phi) is 8.60. The van der Waals surface area contributed by atoms with Crippen molar-refractivity contribution in [3.8, 4) is 45.4 Å². The van der Waals surface area contributed by atoms with Crippen LogP contribution in [-0.2, 0) is 0 Å². The summed E-state index contributed by atoms with van der Waals surface area (Å²) in [6, 6.07) is 11.4. The summed E-state index contributed by atoms with van der Waals surface area (Å²) in [5.74, 6) is 2.05. The Hall–Kier alpha value is -4.28. The van der Waals surface area contributed by atoms with Gasteiger partial charge in [0.25, 0.3) is 0 Å². The van der Waals surface area contributed by atoms with Crippen molar-refractivity contribution in [3.63, 3.8) is 0 Å². The van der Waals surface area contributed by atoms with Crippen molar-refractivity contribution in [2.75, 3.05) is 40.4 Å². The zero-order valence-corrected chi connectivity index (χ0v) is 28.2. The predicted octanol–water partition coefficient (Wildman–Crippen LogP) is 6.34. The van der Waals surface area contributed by atoms with Crippen LogP contribution in [0.3, 0.4) is 0 Å². The molecule has 0 bridgehead atoms. The SMILES string of the molecule is COc1nc(-c2cccc(-c3cccc(-c4cnc(C5=NCC(C)(C)CN5)c(OC)n4)c3Cl)c2Cl)cnc1C1=NCC(C)(C)CN1. The summed E-state index contributed by atoms with van der Waals surface area (Å²) in [6.07, 6.45) is 3.36. The molecule has 2 aromatic heterocycles. The fraction of sp³-hybridized carbons (Fsp3) is 0.353. The molecule has 238 valence electrons. The number of amidine groups is 2. The van der Waals surface area contributed by atoms with Crippen molar-refractivity contribution >= 4 is 34.9 Å². The molecular formula is C34H36Cl2N8O2. The van der Waals surface area contributed by atoms with E-state index < -0.39 is 0 Å². The number of methoxy groups -OCH3 is 2. The molecule has 0 amide bonds. The van der Waals surface area contributed by atoms with E-state index in [2.05, 4.69) is 58.3 Å². The van der Waals surface area contributed by atoms with Gasteiger partial charge in [-0.1, -0.05) is 87.3 Å². The quantitative estimate of drug-likeness (QED) is 0.236. The predicted molar refractivity (Wildman–Crippen MR) is 183 cm³/mol. The number of rotatable bonds is 7. The summed E-state index contributed by atoms with van der Waals surface area (Å²) in [5, 5.41) is 7.66. The number of ether oxygens (including phenoxy) is 2. The number of halogens is 2. The Morgan fingerprint density at radius 2 is 1.02 bits per heavy atom. The molecule has 4 aromatic rings. The molecule has 0 atom stereocenters. The molecule has 2 N–H and O–H groups in total. The molecular weight excluding hydrogens is 623 g/mol. The van der Waals surface area contributed by atoms with Crippen molar-refractivity contribution in [2.45, 2.75) is 27.7 Å². The third-order valence-electron chi connectivity index (χ3n) is 7.96. The highest BCUT2D eigenvalue weighted by atomic mass is 35.5. The van der Waals surface area contributed by atoms with Gasteiger partial charge in [-0.2, -0.15) is 0 Å². The molecule has 0 radical (unpaired) electrons. The van der Waals surface area contributed by atoms with E-state index in [1.54, 1.807) is 26.6 Å². The summed E-state index contributed by atoms with van der Waals surface area (Å²) in [4.78, 5) is 28.2. The van der Waals surface area contributed by atoms with Gasteiger partial charge in [0.1, 0.15) is 0 Å². The fourth-order valence-corrected chi connectivity index (χ4v) is 5.91. The third-order valence-corrected chi connectivity index (χ3v) is 8.77. The van der Waals surface area contributed by atoms with Crippen molar-refractivity contribution < 1.29 is 9.47 Å². The minimum atomic E-state index is 0.0676. The summed E-state index contributed by atoms with van der Waals surface area (Å²) in [5.41, 5.74) is 5.21. The van der Waals surface area contributed by atoms with Crippen LogP contribution in [0.2, 0.25) is 10.0 Å². The number of aromatic nitrogens is 4. The molecule has 2 aliphatic rings. The minimum absolute atomic E-state index is 0.0676. The monoisotopic (exact) mass is 658 g/mol. The summed E-state index contributed by atoms with van der Waals surface area (Å²) in [7, 11) is 3.14. The van der Waals surface area contributed by atoms with Crippen LogP contribution in [0.25, 0.3) is 33.6 Å². The molecule has 0 saturated heterocycles. The smallest absolute Gasteiger partial charge is 0.244 e. The van der Waals surface area contributed by atoms with E-state index in [0.29, 0.717) is 80.5 Å². The van der Waals surface area contributed by atoms with Gasteiger partial charge in [-0.15, -0.1) is 0 Å². The zero-order chi connectivity index (χ0) is 32.6. The molecule has 0 spiro atoms. The van der Waals surface area contributed by atoms with Gasteiger partial charge in [-0.3, -0.25) is 9.98 Å². The van der Waals surface area contributed by atoms with Crippen molar-refractivity contribution in [2.24, 2.45) is 20.8 Å². The van der Waals surface area contributed by atoms with E-state index in [4.69, 9.17) is 42.6 Å². The standard InChI is InChI=1S/C34H36Cl2N8O2/c1-33(2)15-39-29(40-16-33)27-31(45-5)43-23(13-37-27)21-11-7-9-19(25(21)35)20-10-8-12-22(26(20)36)24-14-38-28(32(44-24)46-6)30-41-17-34(3,4)18-42-30/h7-14H,15-18H2,1-6H3,(H,39,40)(H,41,42). The lowest BCUT2D eigenvalue weighted by Crippen LogP contribution is -2.41. The number of nitrogens with zero attached hydrogens (tertiary/aromatic N) is 6. The lowest BCUT2D eigenvalue weighted by Gasteiger charge is -2.29. The maximum Gasteiger partial charge on any atom is 0.244 e. The van der Waals surface area contributed by atoms with E-state index in [1.165, 1.54) is 0 Å². The Balaban J connectivity index is 1.34. The van der Waals surface area contributed by atoms with Gasteiger partial charge in [0, 0.05) is 59.3 Å². The Morgan fingerprint density at radius 1 is 0.630 bits per heavy atom. The molecule has 10 nitrogen and oxygen atoms in total. The van der Waals surface area contributed by atoms with E-state index in [1.807, 2.05) is 36.4 Å². The van der Waals surface area contributed by atoms with Crippen molar-refractivity contribution in [3.05, 3.63) is 70.2 Å². The first kappa shape index (κ1) is 31.7. The first-order chi connectivity index (χ1) is 22.0. The first-order valence-electron chi connectivity index (χ1n) is 15.0. The van der Waals surface area contributed by atoms with Crippen LogP contribution in [0.1, 0.15) is 39.1 Å². The molecule has 12 heteroatoms. The largest absolute Gasteiger partial charge is 0.479 e. The van der Waals surface area contributed by atoms with Crippen LogP contribution in [-0.4, -0.2) is 72.0 Å². The topological polar surface area (TPSA) is 119 Å². The molecule has 0 unspecified atom stereocenters. The van der Waals surface area contributed by atoms with Gasteiger partial charge in [0.05, 0.1) is 48.0 Å². The maximum absolute atomic E-state index is 7.07. The summed E-state index contributed by atoms with van der Waals surface area (Å²) in [6.45, 7) is 11.6. The second-order valence-corrected chi connectivity index (χ2v) is 13.7. The fourth-order valence-electron chi connectivity index (χ4n) is 5.26. The number of benzene rings is 2. The van der Waals surface area contributed by atoms with Crippen LogP contribution >= 0.6 is 23.2 Å². The van der Waals surface area contributed by atoms with Gasteiger partial charge in [0.15, 0.2) is 23.1 Å². The van der Waals surface area contributed by atoms with Gasteiger partial charge >= 0.3 is 0 Å². The van der Waals surface area contributed by atoms with Crippen molar-refractivity contribution in [1.29, 1.82) is 0 Å². The van der Waals surface area contributed by atoms with E-state index in [-0.39, 0.29) is 10.8 Å². The maximum atomic E-state index is 7.07. The normalized spacial score (nSPS) is 16.9. The zero-order valence-electron chi connectivity index (χ0n) is 26.7. The average molecular weight is 660 g/mol. The van der Waals surface area contributed by atoms with Crippen LogP contribution in [0.5, 0.6) is 11.8 Å². The highest BCUT2D eigenvalue weighted by Gasteiger charge is 2.28. The number of nitrogens with one attached hydrogen (secondary N) is 2. The first-order valence-corrected chi connectivity index (χ1v) is 15.7. The molecule has 2 aliphatic heterocycles. The van der Waals surface area contributed by atoms with Crippen LogP contribution in [0.15, 0.2) is 58.8 Å². The summed E-state index contributed by atoms with van der Waals surface area (Å²) >= 11 is 14.1. The lowest BCUT2D eigenvalue weighted by molar-refractivity contribution is 0.360. The van der Waals surface area contributed by atoms with Gasteiger partial charge < -0.3 is 20.1 Å². The second-order valence-electron chi connectivity index (χ2n) is 12.9. The molecule has 46 heavy (non-hydrogen) atoms. The second kappa shape index (κ2) is 12.5. The molecule has 0 aliphatic carbocycles. The Morgan fingerprint density at radius 3 is 1.37 bits per heavy atom. The molecule has 4 heterocycles. The average Bonchev–Trinajstić information content (AvgIpc) is 3.05. The van der Waals surface area contributed by atoms with Crippen LogP contribution in [0, 0.1) is 10.8 Å². The Bertz CT molecular complexity index is 1740. The highest BCUT2D eigenvalue weighted by molar-refractivity contribution is 6.39. The van der Waals surface area contributed by atoms with E-state index >= 15 is 0 Å². The minimum Gasteiger partial charge on any atom is -0.479 e. The molecule has 2 aromatic carbocycles. The van der Waals surface area contributed by atoms with E-state index in [0.717, 1.165) is 24.2 Å². The molecule has 0 saturated carbocycles. The lowest BCUT2D eigenvalue weighted by atomic mass is 9.92. The van der Waals surface area contributed by atoms with E-state index in [9.17, 15) is 0 Å². The van der Waals surface area contributed by atoms with Gasteiger partial charge in [-0.25, -0.2) is 19.9 Å². The number of hydrogen-bond donors (Lipinski definition) is 2. The summed E-state index contributed by atoms with van der Waals surface area (Å²) < 4.78 is 11.3. The van der Waals surface area contributed by atoms with Crippen LogP contribution < -0.4 is 20.1 Å². The van der Waals surface area contributed by atoms with Crippen LogP contribution in [0.4, 0.5) is 0 Å². The number of aliphatic imine (C=N–C) groups is 2. The number of hydrogen-bond acceptors (Lipinski definition) is 10. The molecule has 6 rings (SSSR count). The van der Waals surface area contributed by atoms with Gasteiger partial charge in [0.2, 0.25) is 11.8 Å². The highest BCUT2D eigenvalue weighted by Crippen LogP contribution is 2.42.